The molecule has 100 valence electrons. The molecule has 0 saturated heterocycles. The van der Waals surface area contributed by atoms with Crippen molar-refractivity contribution in [2.24, 2.45) is 5.92 Å². The van der Waals surface area contributed by atoms with Gasteiger partial charge in [-0.15, -0.1) is 0 Å². The van der Waals surface area contributed by atoms with Crippen molar-refractivity contribution >= 4 is 0 Å². The fourth-order valence-electron chi connectivity index (χ4n) is 1.82. The van der Waals surface area contributed by atoms with Gasteiger partial charge in [-0.3, -0.25) is 0 Å². The molecule has 0 radical (unpaired) electrons. The van der Waals surface area contributed by atoms with Crippen LogP contribution in [0.3, 0.4) is 0 Å². The van der Waals surface area contributed by atoms with Crippen LogP contribution in [0.5, 0.6) is 5.88 Å². The third kappa shape index (κ3) is 3.42. The number of nitrogens with zero attached hydrogens (tertiary/aromatic N) is 1. The summed E-state index contributed by atoms with van der Waals surface area (Å²) >= 11 is 0. The topological polar surface area (TPSA) is 34.2 Å². The number of hydrogen-bond donors (Lipinski definition) is 1. The fourth-order valence-corrected chi connectivity index (χ4v) is 1.82. The molecule has 3 nitrogen and oxygen atoms in total. The molecule has 1 saturated carbocycles. The van der Waals surface area contributed by atoms with Crippen molar-refractivity contribution in [3.05, 3.63) is 23.6 Å². The minimum Gasteiger partial charge on any atom is -0.472 e. The molecule has 1 aromatic heterocycles. The van der Waals surface area contributed by atoms with E-state index in [0.29, 0.717) is 18.0 Å². The summed E-state index contributed by atoms with van der Waals surface area (Å²) in [5, 5.41) is 3.23. The van der Waals surface area contributed by atoms with Crippen molar-refractivity contribution in [2.75, 3.05) is 6.54 Å². The average molecular weight is 252 g/mol. The van der Waals surface area contributed by atoms with Crippen LogP contribution in [0, 0.1) is 11.7 Å². The third-order valence-corrected chi connectivity index (χ3v) is 3.14. The fraction of sp³-hybridized carbons (Fsp3) is 0.643. The molecule has 18 heavy (non-hydrogen) atoms. The highest BCUT2D eigenvalue weighted by molar-refractivity contribution is 5.23. The summed E-state index contributed by atoms with van der Waals surface area (Å²) in [6, 6.07) is 1.70. The number of nitrogens with one attached hydrogen (secondary N) is 1. The third-order valence-electron chi connectivity index (χ3n) is 3.14. The maximum Gasteiger partial charge on any atom is 0.250 e. The average Bonchev–Trinajstić information content (AvgIpc) is 2.27. The van der Waals surface area contributed by atoms with Crippen LogP contribution < -0.4 is 10.1 Å². The van der Waals surface area contributed by atoms with Crippen molar-refractivity contribution in [2.45, 2.75) is 45.8 Å². The Morgan fingerprint density at radius 2 is 2.28 bits per heavy atom. The van der Waals surface area contributed by atoms with E-state index in [-0.39, 0.29) is 17.8 Å². The maximum atomic E-state index is 14.1. The summed E-state index contributed by atoms with van der Waals surface area (Å²) in [5.41, 5.74) is 0.625. The molecule has 0 spiro atoms. The Balaban J connectivity index is 1.95. The summed E-state index contributed by atoms with van der Waals surface area (Å²) in [4.78, 5) is 3.98. The van der Waals surface area contributed by atoms with Gasteiger partial charge in [-0.1, -0.05) is 13.8 Å². The minimum atomic E-state index is -0.319. The van der Waals surface area contributed by atoms with E-state index in [1.54, 1.807) is 12.3 Å². The molecule has 4 heteroatoms. The summed E-state index contributed by atoms with van der Waals surface area (Å²) < 4.78 is 19.6. The highest BCUT2D eigenvalue weighted by atomic mass is 19.1. The van der Waals surface area contributed by atoms with E-state index in [0.717, 1.165) is 19.4 Å². The Bertz CT molecular complexity index is 391. The number of ether oxygens (including phenoxy) is 1. The molecule has 0 unspecified atom stereocenters. The second-order valence-electron chi connectivity index (χ2n) is 5.28. The highest BCUT2D eigenvalue weighted by Gasteiger charge is 2.22. The molecule has 0 bridgehead atoms. The number of aromatic nitrogens is 1. The van der Waals surface area contributed by atoms with E-state index in [9.17, 15) is 4.39 Å². The maximum absolute atomic E-state index is 14.1. The zero-order chi connectivity index (χ0) is 13.0. The van der Waals surface area contributed by atoms with Gasteiger partial charge in [0.1, 0.15) is 6.10 Å². The molecule has 1 aliphatic rings. The largest absolute Gasteiger partial charge is 0.472 e. The second kappa shape index (κ2) is 6.14. The van der Waals surface area contributed by atoms with Crippen LogP contribution in [-0.2, 0) is 6.54 Å². The molecule has 1 aliphatic carbocycles. The van der Waals surface area contributed by atoms with Gasteiger partial charge in [0.15, 0.2) is 5.82 Å². The Kier molecular flexibility index (Phi) is 4.53. The molecular weight excluding hydrogens is 231 g/mol. The Hall–Kier alpha value is -1.16. The number of pyridine rings is 1. The molecular formula is C14H21FN2O. The van der Waals surface area contributed by atoms with Crippen LogP contribution in [-0.4, -0.2) is 17.6 Å². The standard InChI is InChI=1S/C14H21FN2O/c1-10(2)8-16-9-11-6-7-17-14(13(11)15)18-12-4-3-5-12/h6-7,10,12,16H,3-5,8-9H2,1-2H3. The van der Waals surface area contributed by atoms with Gasteiger partial charge < -0.3 is 10.1 Å². The quantitative estimate of drug-likeness (QED) is 0.845. The second-order valence-corrected chi connectivity index (χ2v) is 5.28. The van der Waals surface area contributed by atoms with Gasteiger partial charge in [-0.25, -0.2) is 9.37 Å². The van der Waals surface area contributed by atoms with Crippen molar-refractivity contribution in [3.8, 4) is 5.88 Å². The molecule has 0 amide bonds. The first-order valence-corrected chi connectivity index (χ1v) is 6.67. The first-order valence-electron chi connectivity index (χ1n) is 6.67. The lowest BCUT2D eigenvalue weighted by atomic mass is 9.96. The van der Waals surface area contributed by atoms with E-state index in [1.807, 2.05) is 0 Å². The number of hydrogen-bond acceptors (Lipinski definition) is 3. The van der Waals surface area contributed by atoms with Gasteiger partial charge >= 0.3 is 0 Å². The smallest absolute Gasteiger partial charge is 0.250 e. The first-order chi connectivity index (χ1) is 8.66. The molecule has 0 aromatic carbocycles. The molecule has 2 rings (SSSR count). The van der Waals surface area contributed by atoms with Crippen LogP contribution in [0.2, 0.25) is 0 Å². The highest BCUT2D eigenvalue weighted by Crippen LogP contribution is 2.26. The van der Waals surface area contributed by atoms with Crippen LogP contribution in [0.25, 0.3) is 0 Å². The van der Waals surface area contributed by atoms with E-state index in [4.69, 9.17) is 4.74 Å². The Morgan fingerprint density at radius 3 is 2.89 bits per heavy atom. The zero-order valence-electron chi connectivity index (χ0n) is 11.1. The van der Waals surface area contributed by atoms with Gasteiger partial charge in [0.05, 0.1) is 0 Å². The minimum absolute atomic E-state index is 0.156. The predicted molar refractivity (Wildman–Crippen MR) is 69.0 cm³/mol. The lowest BCUT2D eigenvalue weighted by Crippen LogP contribution is -2.26. The summed E-state index contributed by atoms with van der Waals surface area (Å²) in [6.45, 7) is 5.65. The van der Waals surface area contributed by atoms with Crippen LogP contribution in [0.15, 0.2) is 12.3 Å². The van der Waals surface area contributed by atoms with Crippen molar-refractivity contribution in [1.29, 1.82) is 0 Å². The molecule has 1 heterocycles. The Labute approximate surface area is 108 Å². The van der Waals surface area contributed by atoms with Crippen LogP contribution in [0.4, 0.5) is 4.39 Å². The van der Waals surface area contributed by atoms with E-state index in [2.05, 4.69) is 24.1 Å². The zero-order valence-corrected chi connectivity index (χ0v) is 11.1. The van der Waals surface area contributed by atoms with E-state index < -0.39 is 0 Å². The number of rotatable bonds is 6. The lowest BCUT2D eigenvalue weighted by molar-refractivity contribution is 0.108. The van der Waals surface area contributed by atoms with Gasteiger partial charge in [-0.05, 0) is 37.8 Å². The van der Waals surface area contributed by atoms with E-state index in [1.165, 1.54) is 6.42 Å². The summed E-state index contributed by atoms with van der Waals surface area (Å²) in [5.74, 6) is 0.393. The van der Waals surface area contributed by atoms with E-state index >= 15 is 0 Å². The van der Waals surface area contributed by atoms with Gasteiger partial charge in [0.25, 0.3) is 5.88 Å². The van der Waals surface area contributed by atoms with Crippen molar-refractivity contribution < 1.29 is 9.13 Å². The van der Waals surface area contributed by atoms with Crippen molar-refractivity contribution in [3.63, 3.8) is 0 Å². The van der Waals surface area contributed by atoms with Crippen molar-refractivity contribution in [1.82, 2.24) is 10.3 Å². The van der Waals surface area contributed by atoms with Gasteiger partial charge in [0, 0.05) is 18.3 Å². The molecule has 0 atom stereocenters. The lowest BCUT2D eigenvalue weighted by Gasteiger charge is -2.26. The molecule has 1 fully saturated rings. The normalized spacial score (nSPS) is 15.8. The van der Waals surface area contributed by atoms with Gasteiger partial charge in [0.2, 0.25) is 0 Å². The molecule has 0 aliphatic heterocycles. The molecule has 1 aromatic rings. The van der Waals surface area contributed by atoms with Crippen LogP contribution >= 0.6 is 0 Å². The summed E-state index contributed by atoms with van der Waals surface area (Å²) in [7, 11) is 0. The SMILES string of the molecule is CC(C)CNCc1ccnc(OC2CCC2)c1F. The monoisotopic (exact) mass is 252 g/mol. The van der Waals surface area contributed by atoms with Gasteiger partial charge in [-0.2, -0.15) is 0 Å². The molecule has 1 N–H and O–H groups in total. The summed E-state index contributed by atoms with van der Waals surface area (Å²) in [6.07, 6.45) is 4.96. The predicted octanol–water partition coefficient (Wildman–Crippen LogP) is 2.90. The number of halogens is 1. The Morgan fingerprint density at radius 1 is 1.50 bits per heavy atom. The van der Waals surface area contributed by atoms with Crippen LogP contribution in [0.1, 0.15) is 38.7 Å². The first kappa shape index (κ1) is 13.3.